The van der Waals surface area contributed by atoms with Crippen LogP contribution in [0.5, 0.6) is 0 Å². The SMILES string of the molecule is C=CCOC(=O)C(C)NC(=O)Nc1ccc(/C(C)=N/O)cc1. The van der Waals surface area contributed by atoms with Crippen LogP contribution < -0.4 is 10.6 Å². The lowest BCUT2D eigenvalue weighted by Crippen LogP contribution is -2.41. The number of nitrogens with zero attached hydrogens (tertiary/aromatic N) is 1. The standard InChI is InChI=1S/C15H19N3O4/c1-4-9-22-14(19)11(3)16-15(20)17-13-7-5-12(6-8-13)10(2)18-21/h4-8,11,21H,1,9H2,2-3H3,(H2,16,17,20)/b18-10+. The largest absolute Gasteiger partial charge is 0.460 e. The first-order valence-corrected chi connectivity index (χ1v) is 6.62. The van der Waals surface area contributed by atoms with Gasteiger partial charge in [-0.3, -0.25) is 0 Å². The maximum Gasteiger partial charge on any atom is 0.328 e. The van der Waals surface area contributed by atoms with Crippen LogP contribution in [0.25, 0.3) is 0 Å². The number of oxime groups is 1. The third-order valence-electron chi connectivity index (χ3n) is 2.76. The minimum atomic E-state index is -0.775. The monoisotopic (exact) mass is 305 g/mol. The van der Waals surface area contributed by atoms with E-state index in [1.165, 1.54) is 13.0 Å². The Bertz CT molecular complexity index is 567. The number of benzene rings is 1. The lowest BCUT2D eigenvalue weighted by atomic mass is 10.1. The molecule has 1 aromatic rings. The molecular weight excluding hydrogens is 286 g/mol. The molecule has 1 unspecified atom stereocenters. The Morgan fingerprint density at radius 3 is 2.59 bits per heavy atom. The van der Waals surface area contributed by atoms with Crippen molar-refractivity contribution in [1.29, 1.82) is 0 Å². The minimum Gasteiger partial charge on any atom is -0.460 e. The van der Waals surface area contributed by atoms with Crippen LogP contribution in [0, 0.1) is 0 Å². The molecule has 0 radical (unpaired) electrons. The second-order valence-corrected chi connectivity index (χ2v) is 4.50. The topological polar surface area (TPSA) is 100 Å². The smallest absolute Gasteiger partial charge is 0.328 e. The average Bonchev–Trinajstić information content (AvgIpc) is 2.52. The zero-order valence-electron chi connectivity index (χ0n) is 12.5. The highest BCUT2D eigenvalue weighted by molar-refractivity contribution is 5.99. The van der Waals surface area contributed by atoms with E-state index in [2.05, 4.69) is 22.4 Å². The average molecular weight is 305 g/mol. The van der Waals surface area contributed by atoms with Gasteiger partial charge in [0.25, 0.3) is 0 Å². The zero-order valence-corrected chi connectivity index (χ0v) is 12.5. The van der Waals surface area contributed by atoms with Crippen LogP contribution in [-0.4, -0.2) is 35.6 Å². The van der Waals surface area contributed by atoms with Gasteiger partial charge in [-0.15, -0.1) is 0 Å². The summed E-state index contributed by atoms with van der Waals surface area (Å²) in [5.74, 6) is -0.541. The van der Waals surface area contributed by atoms with Crippen LogP contribution in [0.3, 0.4) is 0 Å². The van der Waals surface area contributed by atoms with E-state index in [0.29, 0.717) is 11.4 Å². The number of urea groups is 1. The summed E-state index contributed by atoms with van der Waals surface area (Å²) in [6.45, 7) is 6.71. The summed E-state index contributed by atoms with van der Waals surface area (Å²) >= 11 is 0. The van der Waals surface area contributed by atoms with Crippen molar-refractivity contribution in [1.82, 2.24) is 5.32 Å². The van der Waals surface area contributed by atoms with Crippen LogP contribution in [0.2, 0.25) is 0 Å². The van der Waals surface area contributed by atoms with Crippen molar-refractivity contribution >= 4 is 23.4 Å². The van der Waals surface area contributed by atoms with Crippen molar-refractivity contribution in [3.05, 3.63) is 42.5 Å². The first-order chi connectivity index (χ1) is 10.5. The Morgan fingerprint density at radius 2 is 2.05 bits per heavy atom. The summed E-state index contributed by atoms with van der Waals surface area (Å²) in [4.78, 5) is 23.3. The number of carbonyl (C=O) groups is 2. The third-order valence-corrected chi connectivity index (χ3v) is 2.76. The van der Waals surface area contributed by atoms with Crippen LogP contribution in [-0.2, 0) is 9.53 Å². The Balaban J connectivity index is 2.54. The molecule has 0 saturated heterocycles. The summed E-state index contributed by atoms with van der Waals surface area (Å²) in [5, 5.41) is 16.8. The van der Waals surface area contributed by atoms with Gasteiger partial charge in [-0.2, -0.15) is 0 Å². The molecule has 0 aliphatic carbocycles. The molecule has 1 atom stereocenters. The molecule has 0 spiro atoms. The summed E-state index contributed by atoms with van der Waals surface area (Å²) in [6.07, 6.45) is 1.45. The van der Waals surface area contributed by atoms with Crippen molar-refractivity contribution in [3.63, 3.8) is 0 Å². The van der Waals surface area contributed by atoms with E-state index in [4.69, 9.17) is 9.94 Å². The molecule has 0 aliphatic heterocycles. The number of amides is 2. The van der Waals surface area contributed by atoms with Crippen molar-refractivity contribution in [2.24, 2.45) is 5.16 Å². The molecule has 0 aromatic heterocycles. The highest BCUT2D eigenvalue weighted by Gasteiger charge is 2.16. The fraction of sp³-hybridized carbons (Fsp3) is 0.267. The second-order valence-electron chi connectivity index (χ2n) is 4.50. The number of esters is 1. The van der Waals surface area contributed by atoms with Gasteiger partial charge in [-0.1, -0.05) is 29.9 Å². The van der Waals surface area contributed by atoms with Gasteiger partial charge >= 0.3 is 12.0 Å². The maximum atomic E-state index is 11.8. The molecule has 3 N–H and O–H groups in total. The molecule has 0 fully saturated rings. The maximum absolute atomic E-state index is 11.8. The molecule has 1 aromatic carbocycles. The van der Waals surface area contributed by atoms with Crippen LogP contribution in [0.1, 0.15) is 19.4 Å². The molecule has 118 valence electrons. The van der Waals surface area contributed by atoms with Gasteiger partial charge in [-0.25, -0.2) is 9.59 Å². The second kappa shape index (κ2) is 8.46. The molecule has 0 saturated carbocycles. The molecule has 1 rings (SSSR count). The van der Waals surface area contributed by atoms with Crippen molar-refractivity contribution in [2.75, 3.05) is 11.9 Å². The van der Waals surface area contributed by atoms with Crippen LogP contribution in [0.15, 0.2) is 42.1 Å². The van der Waals surface area contributed by atoms with Gasteiger partial charge in [-0.05, 0) is 31.5 Å². The Morgan fingerprint density at radius 1 is 1.41 bits per heavy atom. The predicted molar refractivity (Wildman–Crippen MR) is 83.2 cm³/mol. The van der Waals surface area contributed by atoms with E-state index >= 15 is 0 Å². The van der Waals surface area contributed by atoms with Gasteiger partial charge in [0, 0.05) is 5.69 Å². The van der Waals surface area contributed by atoms with E-state index < -0.39 is 18.0 Å². The van der Waals surface area contributed by atoms with Crippen LogP contribution in [0.4, 0.5) is 10.5 Å². The quantitative estimate of drug-likeness (QED) is 0.246. The molecule has 7 heteroatoms. The van der Waals surface area contributed by atoms with Gasteiger partial charge in [0.1, 0.15) is 12.6 Å². The minimum absolute atomic E-state index is 0.0969. The Hall–Kier alpha value is -2.83. The van der Waals surface area contributed by atoms with Gasteiger partial charge in [0.15, 0.2) is 0 Å². The van der Waals surface area contributed by atoms with Gasteiger partial charge in [0.2, 0.25) is 0 Å². The van der Waals surface area contributed by atoms with E-state index in [9.17, 15) is 9.59 Å². The Labute approximate surface area is 128 Å². The molecule has 0 bridgehead atoms. The number of rotatable bonds is 6. The van der Waals surface area contributed by atoms with E-state index in [-0.39, 0.29) is 6.61 Å². The number of ether oxygens (including phenoxy) is 1. The molecular formula is C15H19N3O4. The summed E-state index contributed by atoms with van der Waals surface area (Å²) in [6, 6.07) is 5.42. The fourth-order valence-electron chi connectivity index (χ4n) is 1.54. The first kappa shape index (κ1) is 17.2. The van der Waals surface area contributed by atoms with Crippen molar-refractivity contribution in [3.8, 4) is 0 Å². The third kappa shape index (κ3) is 5.28. The lowest BCUT2D eigenvalue weighted by molar-refractivity contribution is -0.144. The van der Waals surface area contributed by atoms with E-state index in [1.54, 1.807) is 31.2 Å². The number of hydrogen-bond acceptors (Lipinski definition) is 5. The highest BCUT2D eigenvalue weighted by atomic mass is 16.5. The summed E-state index contributed by atoms with van der Waals surface area (Å²) < 4.78 is 4.82. The molecule has 22 heavy (non-hydrogen) atoms. The predicted octanol–water partition coefficient (Wildman–Crippen LogP) is 2.12. The molecule has 7 nitrogen and oxygen atoms in total. The van der Waals surface area contributed by atoms with Crippen molar-refractivity contribution < 1.29 is 19.5 Å². The number of carbonyl (C=O) groups excluding carboxylic acids is 2. The van der Waals surface area contributed by atoms with Gasteiger partial charge < -0.3 is 20.6 Å². The molecule has 0 heterocycles. The summed E-state index contributed by atoms with van der Waals surface area (Å²) in [5.41, 5.74) is 1.74. The Kier molecular flexibility index (Phi) is 6.62. The number of hydrogen-bond donors (Lipinski definition) is 3. The molecule has 0 aliphatic rings. The first-order valence-electron chi connectivity index (χ1n) is 6.62. The van der Waals surface area contributed by atoms with Gasteiger partial charge in [0.05, 0.1) is 5.71 Å². The zero-order chi connectivity index (χ0) is 16.5. The summed E-state index contributed by atoms with van der Waals surface area (Å²) in [7, 11) is 0. The van der Waals surface area contributed by atoms with Crippen LogP contribution >= 0.6 is 0 Å². The normalized spacial score (nSPS) is 12.2. The fourth-order valence-corrected chi connectivity index (χ4v) is 1.54. The number of nitrogens with one attached hydrogen (secondary N) is 2. The highest BCUT2D eigenvalue weighted by Crippen LogP contribution is 2.10. The molecule has 2 amide bonds. The van der Waals surface area contributed by atoms with E-state index in [1.807, 2.05) is 0 Å². The van der Waals surface area contributed by atoms with Crippen molar-refractivity contribution in [2.45, 2.75) is 19.9 Å². The lowest BCUT2D eigenvalue weighted by Gasteiger charge is -2.13. The van der Waals surface area contributed by atoms with E-state index in [0.717, 1.165) is 5.56 Å². The number of anilines is 1.